The maximum atomic E-state index is 12.2. The van der Waals surface area contributed by atoms with Gasteiger partial charge in [0.25, 0.3) is 5.91 Å². The summed E-state index contributed by atoms with van der Waals surface area (Å²) in [7, 11) is 0. The minimum Gasteiger partial charge on any atom is -0.486 e. The van der Waals surface area contributed by atoms with E-state index in [1.165, 1.54) is 0 Å². The highest BCUT2D eigenvalue weighted by Crippen LogP contribution is 2.31. The molecule has 2 rings (SSSR count). The topological polar surface area (TPSA) is 90.9 Å². The van der Waals surface area contributed by atoms with Crippen molar-refractivity contribution in [1.82, 2.24) is 5.32 Å². The minimum atomic E-state index is -0.574. The summed E-state index contributed by atoms with van der Waals surface area (Å²) in [6.07, 6.45) is 1.57. The SMILES string of the molecule is CCC(CC)NC(=O)COC(=O)CCC(=O)c1ccc2c(c1)OCCO2. The molecule has 7 heteroatoms. The average molecular weight is 363 g/mol. The Morgan fingerprint density at radius 1 is 1.08 bits per heavy atom. The van der Waals surface area contributed by atoms with Crippen LogP contribution in [0.15, 0.2) is 18.2 Å². The summed E-state index contributed by atoms with van der Waals surface area (Å²) in [4.78, 5) is 35.6. The molecule has 1 aromatic rings. The predicted octanol–water partition coefficient (Wildman–Crippen LogP) is 2.27. The number of rotatable bonds is 9. The molecular formula is C19H25NO6. The molecule has 0 saturated carbocycles. The van der Waals surface area contributed by atoms with Crippen LogP contribution in [0, 0.1) is 0 Å². The molecule has 0 bridgehead atoms. The third-order valence-corrected chi connectivity index (χ3v) is 4.14. The van der Waals surface area contributed by atoms with Gasteiger partial charge in [-0.25, -0.2) is 0 Å². The quantitative estimate of drug-likeness (QED) is 0.535. The number of benzene rings is 1. The molecule has 1 aliphatic rings. The van der Waals surface area contributed by atoms with Gasteiger partial charge in [0.2, 0.25) is 0 Å². The number of amides is 1. The maximum absolute atomic E-state index is 12.2. The first-order valence-electron chi connectivity index (χ1n) is 8.91. The lowest BCUT2D eigenvalue weighted by atomic mass is 10.1. The van der Waals surface area contributed by atoms with Gasteiger partial charge in [-0.3, -0.25) is 14.4 Å². The molecule has 1 aromatic carbocycles. The molecule has 142 valence electrons. The van der Waals surface area contributed by atoms with Crippen LogP contribution in [0.3, 0.4) is 0 Å². The number of nitrogens with one attached hydrogen (secondary N) is 1. The largest absolute Gasteiger partial charge is 0.486 e. The van der Waals surface area contributed by atoms with Crippen molar-refractivity contribution in [3.8, 4) is 11.5 Å². The smallest absolute Gasteiger partial charge is 0.306 e. The highest BCUT2D eigenvalue weighted by atomic mass is 16.6. The van der Waals surface area contributed by atoms with Crippen molar-refractivity contribution in [3.63, 3.8) is 0 Å². The van der Waals surface area contributed by atoms with E-state index >= 15 is 0 Å². The fourth-order valence-electron chi connectivity index (χ4n) is 2.56. The number of carbonyl (C=O) groups excluding carboxylic acids is 3. The Bertz CT molecular complexity index is 653. The number of hydrogen-bond acceptors (Lipinski definition) is 6. The summed E-state index contributed by atoms with van der Waals surface area (Å²) in [5.41, 5.74) is 0.452. The van der Waals surface area contributed by atoms with Gasteiger partial charge >= 0.3 is 5.97 Å². The van der Waals surface area contributed by atoms with Gasteiger partial charge in [-0.05, 0) is 31.0 Å². The minimum absolute atomic E-state index is 0.00659. The summed E-state index contributed by atoms with van der Waals surface area (Å²) in [6, 6.07) is 5.02. The van der Waals surface area contributed by atoms with Crippen LogP contribution < -0.4 is 14.8 Å². The lowest BCUT2D eigenvalue weighted by molar-refractivity contribution is -0.148. The zero-order valence-electron chi connectivity index (χ0n) is 15.2. The van der Waals surface area contributed by atoms with Crippen LogP contribution in [-0.4, -0.2) is 43.5 Å². The highest BCUT2D eigenvalue weighted by Gasteiger charge is 2.17. The van der Waals surface area contributed by atoms with Gasteiger partial charge in [-0.2, -0.15) is 0 Å². The molecule has 0 aromatic heterocycles. The monoisotopic (exact) mass is 363 g/mol. The molecule has 0 radical (unpaired) electrons. The summed E-state index contributed by atoms with van der Waals surface area (Å²) in [5, 5.41) is 2.78. The van der Waals surface area contributed by atoms with Gasteiger partial charge in [-0.1, -0.05) is 13.8 Å². The molecule has 0 saturated heterocycles. The molecule has 0 fully saturated rings. The van der Waals surface area contributed by atoms with Gasteiger partial charge in [0, 0.05) is 18.0 Å². The third-order valence-electron chi connectivity index (χ3n) is 4.14. The van der Waals surface area contributed by atoms with Crippen molar-refractivity contribution in [2.75, 3.05) is 19.8 Å². The Morgan fingerprint density at radius 3 is 2.46 bits per heavy atom. The van der Waals surface area contributed by atoms with Gasteiger partial charge < -0.3 is 19.5 Å². The summed E-state index contributed by atoms with van der Waals surface area (Å²) in [5.74, 6) is 0.0413. The van der Waals surface area contributed by atoms with E-state index in [0.717, 1.165) is 12.8 Å². The van der Waals surface area contributed by atoms with Gasteiger partial charge in [0.05, 0.1) is 6.42 Å². The highest BCUT2D eigenvalue weighted by molar-refractivity contribution is 5.98. The normalized spacial score (nSPS) is 12.6. The van der Waals surface area contributed by atoms with E-state index in [4.69, 9.17) is 14.2 Å². The van der Waals surface area contributed by atoms with E-state index in [9.17, 15) is 14.4 Å². The lowest BCUT2D eigenvalue weighted by Crippen LogP contribution is -2.36. The number of fused-ring (bicyclic) bond motifs is 1. The molecule has 7 nitrogen and oxygen atoms in total. The zero-order valence-corrected chi connectivity index (χ0v) is 15.2. The van der Waals surface area contributed by atoms with Gasteiger partial charge in [0.1, 0.15) is 13.2 Å². The van der Waals surface area contributed by atoms with Crippen LogP contribution in [-0.2, 0) is 14.3 Å². The van der Waals surface area contributed by atoms with Crippen molar-refractivity contribution in [1.29, 1.82) is 0 Å². The fourth-order valence-corrected chi connectivity index (χ4v) is 2.56. The van der Waals surface area contributed by atoms with Crippen LogP contribution in [0.5, 0.6) is 11.5 Å². The van der Waals surface area contributed by atoms with Crippen molar-refractivity contribution in [3.05, 3.63) is 23.8 Å². The van der Waals surface area contributed by atoms with Crippen LogP contribution in [0.25, 0.3) is 0 Å². The number of hydrogen-bond donors (Lipinski definition) is 1. The van der Waals surface area contributed by atoms with E-state index in [0.29, 0.717) is 30.3 Å². The molecule has 26 heavy (non-hydrogen) atoms. The number of esters is 1. The standard InChI is InChI=1S/C19H25NO6/c1-3-14(4-2)20-18(22)12-26-19(23)8-6-15(21)13-5-7-16-17(11-13)25-10-9-24-16/h5,7,11,14H,3-4,6,8-10,12H2,1-2H3,(H,20,22). The Labute approximate surface area is 153 Å². The lowest BCUT2D eigenvalue weighted by Gasteiger charge is -2.18. The summed E-state index contributed by atoms with van der Waals surface area (Å²) in [6.45, 7) is 4.55. The van der Waals surface area contributed by atoms with Crippen LogP contribution in [0.4, 0.5) is 0 Å². The van der Waals surface area contributed by atoms with Crippen molar-refractivity contribution < 1.29 is 28.6 Å². The van der Waals surface area contributed by atoms with Crippen LogP contribution >= 0.6 is 0 Å². The first kappa shape index (κ1) is 19.8. The van der Waals surface area contributed by atoms with E-state index in [1.54, 1.807) is 18.2 Å². The number of carbonyl (C=O) groups is 3. The molecule has 0 unspecified atom stereocenters. The molecular weight excluding hydrogens is 338 g/mol. The molecule has 0 atom stereocenters. The second-order valence-electron chi connectivity index (χ2n) is 6.02. The van der Waals surface area contributed by atoms with Crippen LogP contribution in [0.1, 0.15) is 49.9 Å². The second-order valence-corrected chi connectivity index (χ2v) is 6.02. The number of ether oxygens (including phenoxy) is 3. The predicted molar refractivity (Wildman–Crippen MR) is 94.5 cm³/mol. The van der Waals surface area contributed by atoms with E-state index in [2.05, 4.69) is 5.32 Å². The van der Waals surface area contributed by atoms with Crippen molar-refractivity contribution >= 4 is 17.7 Å². The van der Waals surface area contributed by atoms with Gasteiger partial charge in [0.15, 0.2) is 23.9 Å². The fraction of sp³-hybridized carbons (Fsp3) is 0.526. The molecule has 1 aliphatic heterocycles. The maximum Gasteiger partial charge on any atom is 0.306 e. The van der Waals surface area contributed by atoms with Crippen molar-refractivity contribution in [2.24, 2.45) is 0 Å². The van der Waals surface area contributed by atoms with E-state index in [-0.39, 0.29) is 37.2 Å². The molecule has 0 spiro atoms. The first-order chi connectivity index (χ1) is 12.5. The molecule has 1 heterocycles. The second kappa shape index (κ2) is 9.79. The number of ketones is 1. The molecule has 0 aliphatic carbocycles. The summed E-state index contributed by atoms with van der Waals surface area (Å²) >= 11 is 0. The Hall–Kier alpha value is -2.57. The molecule has 1 amide bonds. The summed E-state index contributed by atoms with van der Waals surface area (Å²) < 4.78 is 15.8. The molecule has 1 N–H and O–H groups in total. The van der Waals surface area contributed by atoms with Crippen molar-refractivity contribution in [2.45, 2.75) is 45.6 Å². The third kappa shape index (κ3) is 5.75. The Balaban J connectivity index is 1.75. The Kier molecular flexibility index (Phi) is 7.44. The zero-order chi connectivity index (χ0) is 18.9. The average Bonchev–Trinajstić information content (AvgIpc) is 2.68. The van der Waals surface area contributed by atoms with E-state index in [1.807, 2.05) is 13.8 Å². The van der Waals surface area contributed by atoms with Crippen LogP contribution in [0.2, 0.25) is 0 Å². The number of Topliss-reactive ketones (excluding diaryl/α,β-unsaturated/α-hetero) is 1. The first-order valence-corrected chi connectivity index (χ1v) is 8.91. The van der Waals surface area contributed by atoms with E-state index < -0.39 is 5.97 Å². The Morgan fingerprint density at radius 2 is 1.77 bits per heavy atom. The van der Waals surface area contributed by atoms with Gasteiger partial charge in [-0.15, -0.1) is 0 Å².